The number of hydrogen-bond acceptors (Lipinski definition) is 4. The summed E-state index contributed by atoms with van der Waals surface area (Å²) in [5.74, 6) is 5.09. The number of nitrogens with one attached hydrogen (secondary N) is 1. The van der Waals surface area contributed by atoms with Gasteiger partial charge in [-0.05, 0) is 37.0 Å². The first-order valence-electron chi connectivity index (χ1n) is 7.20. The molecule has 21 heavy (non-hydrogen) atoms. The van der Waals surface area contributed by atoms with Gasteiger partial charge in [-0.2, -0.15) is 0 Å². The second kappa shape index (κ2) is 6.01. The molecule has 0 unspecified atom stereocenters. The van der Waals surface area contributed by atoms with E-state index in [2.05, 4.69) is 34.6 Å². The fourth-order valence-electron chi connectivity index (χ4n) is 2.86. The van der Waals surface area contributed by atoms with Crippen LogP contribution in [-0.2, 0) is 13.0 Å². The lowest BCUT2D eigenvalue weighted by Gasteiger charge is -2.24. The molecule has 0 spiro atoms. The molecule has 2 heterocycles. The van der Waals surface area contributed by atoms with E-state index in [0.717, 1.165) is 24.9 Å². The zero-order valence-corrected chi connectivity index (χ0v) is 11.8. The number of hydrogen-bond donors (Lipinski definition) is 2. The summed E-state index contributed by atoms with van der Waals surface area (Å²) >= 11 is 0. The molecule has 5 nitrogen and oxygen atoms in total. The zero-order valence-electron chi connectivity index (χ0n) is 11.8. The van der Waals surface area contributed by atoms with Crippen molar-refractivity contribution in [1.82, 2.24) is 5.43 Å². The predicted octanol–water partition coefficient (Wildman–Crippen LogP) is 2.23. The van der Waals surface area contributed by atoms with Gasteiger partial charge in [-0.25, -0.2) is 5.84 Å². The monoisotopic (exact) mass is 285 g/mol. The van der Waals surface area contributed by atoms with Crippen LogP contribution in [0.5, 0.6) is 0 Å². The van der Waals surface area contributed by atoms with Crippen LogP contribution in [0.3, 0.4) is 0 Å². The molecule has 3 N–H and O–H groups in total. The third kappa shape index (κ3) is 2.78. The molecule has 0 atom stereocenters. The fourth-order valence-corrected chi connectivity index (χ4v) is 2.86. The third-order valence-corrected chi connectivity index (χ3v) is 3.90. The lowest BCUT2D eigenvalue weighted by Crippen LogP contribution is -2.31. The first-order chi connectivity index (χ1) is 10.3. The van der Waals surface area contributed by atoms with E-state index in [1.54, 1.807) is 0 Å². The lowest BCUT2D eigenvalue weighted by atomic mass is 10.1. The Bertz CT molecular complexity index is 636. The van der Waals surface area contributed by atoms with Gasteiger partial charge in [-0.15, -0.1) is 0 Å². The number of carbonyl (C=O) groups excluding carboxylic acids is 1. The Morgan fingerprint density at radius 3 is 3.00 bits per heavy atom. The van der Waals surface area contributed by atoms with Crippen LogP contribution in [0.15, 0.2) is 41.0 Å². The Kier molecular flexibility index (Phi) is 3.92. The van der Waals surface area contributed by atoms with Crippen molar-refractivity contribution < 1.29 is 9.21 Å². The van der Waals surface area contributed by atoms with Gasteiger partial charge in [-0.1, -0.05) is 18.2 Å². The largest absolute Gasteiger partial charge is 0.459 e. The second-order valence-corrected chi connectivity index (χ2v) is 5.26. The summed E-state index contributed by atoms with van der Waals surface area (Å²) < 4.78 is 5.26. The maximum atomic E-state index is 11.7. The Morgan fingerprint density at radius 2 is 2.14 bits per heavy atom. The Hall–Kier alpha value is -2.27. The maximum absolute atomic E-state index is 11.7. The maximum Gasteiger partial charge on any atom is 0.301 e. The molecule has 1 aliphatic rings. The Labute approximate surface area is 123 Å². The topological polar surface area (TPSA) is 71.5 Å². The van der Waals surface area contributed by atoms with E-state index in [1.165, 1.54) is 23.9 Å². The van der Waals surface area contributed by atoms with E-state index in [9.17, 15) is 4.79 Å². The SMILES string of the molecule is NNC(=O)c1occc1CN1CCCCc2ccccc21. The van der Waals surface area contributed by atoms with E-state index in [0.29, 0.717) is 12.3 Å². The summed E-state index contributed by atoms with van der Waals surface area (Å²) in [7, 11) is 0. The molecule has 0 aliphatic carbocycles. The van der Waals surface area contributed by atoms with E-state index in [4.69, 9.17) is 10.3 Å². The first kappa shape index (κ1) is 13.7. The number of furan rings is 1. The van der Waals surface area contributed by atoms with Gasteiger partial charge in [0.15, 0.2) is 5.76 Å². The number of amides is 1. The van der Waals surface area contributed by atoms with Crippen molar-refractivity contribution in [2.75, 3.05) is 11.4 Å². The number of aryl methyl sites for hydroxylation is 1. The second-order valence-electron chi connectivity index (χ2n) is 5.26. The van der Waals surface area contributed by atoms with Crippen molar-refractivity contribution in [3.63, 3.8) is 0 Å². The van der Waals surface area contributed by atoms with Gasteiger partial charge in [-0.3, -0.25) is 10.2 Å². The minimum Gasteiger partial charge on any atom is -0.459 e. The third-order valence-electron chi connectivity index (χ3n) is 3.90. The van der Waals surface area contributed by atoms with Crippen molar-refractivity contribution >= 4 is 11.6 Å². The molecule has 5 heteroatoms. The Morgan fingerprint density at radius 1 is 1.29 bits per heavy atom. The van der Waals surface area contributed by atoms with Gasteiger partial charge in [0.1, 0.15) is 0 Å². The lowest BCUT2D eigenvalue weighted by molar-refractivity contribution is 0.0924. The van der Waals surface area contributed by atoms with Crippen LogP contribution in [0.4, 0.5) is 5.69 Å². The highest BCUT2D eigenvalue weighted by Crippen LogP contribution is 2.28. The van der Waals surface area contributed by atoms with Crippen LogP contribution in [0.25, 0.3) is 0 Å². The molecule has 1 aromatic heterocycles. The minimum atomic E-state index is -0.391. The summed E-state index contributed by atoms with van der Waals surface area (Å²) in [6, 6.07) is 10.3. The molecule has 1 aliphatic heterocycles. The standard InChI is InChI=1S/C16H19N3O2/c17-18-16(20)15-13(8-10-21-15)11-19-9-4-3-6-12-5-1-2-7-14(12)19/h1-2,5,7-8,10H,3-4,6,9,11,17H2,(H,18,20). The van der Waals surface area contributed by atoms with Gasteiger partial charge >= 0.3 is 5.91 Å². The van der Waals surface area contributed by atoms with Crippen LogP contribution in [0, 0.1) is 0 Å². The molecule has 1 amide bonds. The number of nitrogens with two attached hydrogens (primary N) is 1. The number of fused-ring (bicyclic) bond motifs is 1. The highest BCUT2D eigenvalue weighted by molar-refractivity contribution is 5.92. The summed E-state index contributed by atoms with van der Waals surface area (Å²) in [5.41, 5.74) is 5.59. The van der Waals surface area contributed by atoms with Crippen LogP contribution in [0.1, 0.15) is 34.5 Å². The number of rotatable bonds is 3. The average molecular weight is 285 g/mol. The molecule has 0 fully saturated rings. The van der Waals surface area contributed by atoms with E-state index >= 15 is 0 Å². The zero-order chi connectivity index (χ0) is 14.7. The van der Waals surface area contributed by atoms with Crippen molar-refractivity contribution in [2.24, 2.45) is 5.84 Å². The number of nitrogens with zero attached hydrogens (tertiary/aromatic N) is 1. The molecule has 0 saturated carbocycles. The molecular formula is C16H19N3O2. The van der Waals surface area contributed by atoms with Crippen LogP contribution in [0.2, 0.25) is 0 Å². The predicted molar refractivity (Wildman–Crippen MR) is 80.8 cm³/mol. The molecule has 0 saturated heterocycles. The van der Waals surface area contributed by atoms with E-state index in [1.807, 2.05) is 6.07 Å². The van der Waals surface area contributed by atoms with Crippen LogP contribution in [-0.4, -0.2) is 12.5 Å². The first-order valence-corrected chi connectivity index (χ1v) is 7.20. The van der Waals surface area contributed by atoms with Gasteiger partial charge in [0.05, 0.1) is 6.26 Å². The number of nitrogen functional groups attached to an aromatic ring is 1. The number of para-hydroxylation sites is 1. The van der Waals surface area contributed by atoms with E-state index in [-0.39, 0.29) is 0 Å². The summed E-state index contributed by atoms with van der Waals surface area (Å²) in [4.78, 5) is 14.0. The smallest absolute Gasteiger partial charge is 0.301 e. The molecule has 3 rings (SSSR count). The summed E-state index contributed by atoms with van der Waals surface area (Å²) in [6.07, 6.45) is 4.97. The van der Waals surface area contributed by atoms with Crippen molar-refractivity contribution in [3.05, 3.63) is 53.5 Å². The van der Waals surface area contributed by atoms with Gasteiger partial charge in [0.2, 0.25) is 0 Å². The number of hydrazine groups is 1. The Balaban J connectivity index is 1.88. The summed E-state index contributed by atoms with van der Waals surface area (Å²) in [6.45, 7) is 1.63. The van der Waals surface area contributed by atoms with Gasteiger partial charge < -0.3 is 9.32 Å². The summed E-state index contributed by atoms with van der Waals surface area (Å²) in [5, 5.41) is 0. The average Bonchev–Trinajstić information content (AvgIpc) is 2.88. The quantitative estimate of drug-likeness (QED) is 0.515. The fraction of sp³-hybridized carbons (Fsp3) is 0.312. The van der Waals surface area contributed by atoms with E-state index < -0.39 is 5.91 Å². The highest BCUT2D eigenvalue weighted by atomic mass is 16.3. The molecule has 0 bridgehead atoms. The van der Waals surface area contributed by atoms with Crippen LogP contribution < -0.4 is 16.2 Å². The normalized spacial score (nSPS) is 14.4. The highest BCUT2D eigenvalue weighted by Gasteiger charge is 2.20. The minimum absolute atomic E-state index is 0.291. The number of anilines is 1. The van der Waals surface area contributed by atoms with Crippen molar-refractivity contribution in [2.45, 2.75) is 25.8 Å². The van der Waals surface area contributed by atoms with Crippen molar-refractivity contribution in [1.29, 1.82) is 0 Å². The number of benzene rings is 1. The van der Waals surface area contributed by atoms with Crippen LogP contribution >= 0.6 is 0 Å². The molecule has 2 aromatic rings. The number of carbonyl (C=O) groups is 1. The molecule has 1 aromatic carbocycles. The molecule has 110 valence electrons. The van der Waals surface area contributed by atoms with Crippen molar-refractivity contribution in [3.8, 4) is 0 Å². The van der Waals surface area contributed by atoms with Gasteiger partial charge in [0.25, 0.3) is 0 Å². The molecule has 0 radical (unpaired) electrons. The molecular weight excluding hydrogens is 266 g/mol. The van der Waals surface area contributed by atoms with Gasteiger partial charge in [0, 0.05) is 24.3 Å².